The molecule has 1 heterocycles. The number of carbonyl (C=O) groups excluding carboxylic acids is 1. The Labute approximate surface area is 201 Å². The van der Waals surface area contributed by atoms with Crippen LogP contribution in [0.5, 0.6) is 0 Å². The number of benzene rings is 3. The number of hydrogen-bond acceptors (Lipinski definition) is 6. The quantitative estimate of drug-likeness (QED) is 0.301. The van der Waals surface area contributed by atoms with Crippen molar-refractivity contribution in [3.05, 3.63) is 99.4 Å². The standard InChI is InChI=1S/C25H21ClN2O3S2/c1-15-8-13-20(16(2)14-15)22(29)23-21(27)24(25(32-23)28-18-6-4-3-5-7-18)33(30,31)19-11-9-17(26)10-12-19/h3-14,28H,27H2,1-2H3. The van der Waals surface area contributed by atoms with E-state index in [9.17, 15) is 13.2 Å². The number of nitrogens with one attached hydrogen (secondary N) is 1. The summed E-state index contributed by atoms with van der Waals surface area (Å²) in [7, 11) is -4.04. The second-order valence-corrected chi connectivity index (χ2v) is 10.9. The first-order chi connectivity index (χ1) is 15.7. The molecule has 4 rings (SSSR count). The Kier molecular flexibility index (Phi) is 6.30. The summed E-state index contributed by atoms with van der Waals surface area (Å²) < 4.78 is 27.2. The third-order valence-electron chi connectivity index (χ3n) is 5.16. The van der Waals surface area contributed by atoms with Crippen LogP contribution in [0, 0.1) is 13.8 Å². The minimum atomic E-state index is -4.04. The topological polar surface area (TPSA) is 89.3 Å². The number of nitrogens with two attached hydrogens (primary N) is 1. The fourth-order valence-electron chi connectivity index (χ4n) is 3.52. The zero-order valence-corrected chi connectivity index (χ0v) is 20.3. The number of thiophene rings is 1. The van der Waals surface area contributed by atoms with Crippen LogP contribution in [0.1, 0.15) is 26.4 Å². The Morgan fingerprint density at radius 3 is 2.27 bits per heavy atom. The zero-order valence-electron chi connectivity index (χ0n) is 17.9. The molecule has 0 aliphatic carbocycles. The van der Waals surface area contributed by atoms with Crippen LogP contribution < -0.4 is 11.1 Å². The summed E-state index contributed by atoms with van der Waals surface area (Å²) >= 11 is 6.97. The maximum absolute atomic E-state index is 13.6. The van der Waals surface area contributed by atoms with Gasteiger partial charge >= 0.3 is 0 Å². The number of para-hydroxylation sites is 1. The monoisotopic (exact) mass is 496 g/mol. The summed E-state index contributed by atoms with van der Waals surface area (Å²) in [6, 6.07) is 20.5. The van der Waals surface area contributed by atoms with Gasteiger partial charge < -0.3 is 11.1 Å². The lowest BCUT2D eigenvalue weighted by atomic mass is 10.0. The minimum absolute atomic E-state index is 0.0398. The molecule has 33 heavy (non-hydrogen) atoms. The molecule has 0 amide bonds. The molecule has 5 nitrogen and oxygen atoms in total. The first-order valence-corrected chi connectivity index (χ1v) is 12.7. The molecule has 0 spiro atoms. The normalized spacial score (nSPS) is 11.4. The van der Waals surface area contributed by atoms with Crippen LogP contribution in [0.3, 0.4) is 0 Å². The van der Waals surface area contributed by atoms with Crippen molar-refractivity contribution in [2.45, 2.75) is 23.6 Å². The van der Waals surface area contributed by atoms with E-state index in [1.165, 1.54) is 24.3 Å². The summed E-state index contributed by atoms with van der Waals surface area (Å²) in [5, 5.41) is 3.83. The van der Waals surface area contributed by atoms with Crippen molar-refractivity contribution in [3.63, 3.8) is 0 Å². The van der Waals surface area contributed by atoms with Gasteiger partial charge in [0.15, 0.2) is 0 Å². The second-order valence-electron chi connectivity index (χ2n) is 7.60. The smallest absolute Gasteiger partial charge is 0.211 e. The lowest BCUT2D eigenvalue weighted by molar-refractivity contribution is 0.104. The molecule has 0 atom stereocenters. The third kappa shape index (κ3) is 4.53. The fraction of sp³-hybridized carbons (Fsp3) is 0.0800. The van der Waals surface area contributed by atoms with Crippen molar-refractivity contribution >= 4 is 54.9 Å². The van der Waals surface area contributed by atoms with Gasteiger partial charge in [-0.2, -0.15) is 0 Å². The first kappa shape index (κ1) is 23.0. The summed E-state index contributed by atoms with van der Waals surface area (Å²) in [6.07, 6.45) is 0. The zero-order chi connectivity index (χ0) is 23.8. The molecule has 0 aliphatic rings. The van der Waals surface area contributed by atoms with Gasteiger partial charge in [0.05, 0.1) is 10.6 Å². The van der Waals surface area contributed by atoms with Gasteiger partial charge in [-0.15, -0.1) is 11.3 Å². The van der Waals surface area contributed by atoms with E-state index >= 15 is 0 Å². The van der Waals surface area contributed by atoms with Gasteiger partial charge in [-0.05, 0) is 55.8 Å². The van der Waals surface area contributed by atoms with Crippen molar-refractivity contribution < 1.29 is 13.2 Å². The number of nitrogen functional groups attached to an aromatic ring is 1. The number of carbonyl (C=O) groups is 1. The predicted molar refractivity (Wildman–Crippen MR) is 135 cm³/mol. The molecule has 3 aromatic carbocycles. The van der Waals surface area contributed by atoms with Gasteiger partial charge in [0.25, 0.3) is 0 Å². The van der Waals surface area contributed by atoms with E-state index in [-0.39, 0.29) is 31.1 Å². The molecule has 8 heteroatoms. The van der Waals surface area contributed by atoms with Crippen LogP contribution in [0.4, 0.5) is 16.4 Å². The van der Waals surface area contributed by atoms with Crippen molar-refractivity contribution in [2.24, 2.45) is 0 Å². The molecule has 0 aliphatic heterocycles. The highest BCUT2D eigenvalue weighted by atomic mass is 35.5. The molecule has 0 fully saturated rings. The van der Waals surface area contributed by atoms with E-state index in [2.05, 4.69) is 5.32 Å². The Balaban J connectivity index is 1.89. The van der Waals surface area contributed by atoms with Gasteiger partial charge in [0.2, 0.25) is 15.6 Å². The molecule has 168 valence electrons. The number of sulfone groups is 1. The van der Waals surface area contributed by atoms with E-state index in [1.807, 2.05) is 44.2 Å². The molecule has 0 unspecified atom stereocenters. The molecule has 0 bridgehead atoms. The van der Waals surface area contributed by atoms with Crippen LogP contribution in [-0.4, -0.2) is 14.2 Å². The van der Waals surface area contributed by atoms with Gasteiger partial charge in [-0.3, -0.25) is 4.79 Å². The Bertz CT molecular complexity index is 1450. The minimum Gasteiger partial charge on any atom is -0.396 e. The number of anilines is 3. The number of halogens is 1. The highest BCUT2D eigenvalue weighted by molar-refractivity contribution is 7.92. The second kappa shape index (κ2) is 9.02. The largest absolute Gasteiger partial charge is 0.396 e. The van der Waals surface area contributed by atoms with Gasteiger partial charge in [-0.25, -0.2) is 8.42 Å². The molecule has 0 radical (unpaired) electrons. The van der Waals surface area contributed by atoms with Crippen molar-refractivity contribution in [3.8, 4) is 0 Å². The molecule has 1 aromatic heterocycles. The molecular formula is C25H21ClN2O3S2. The summed E-state index contributed by atoms with van der Waals surface area (Å²) in [6.45, 7) is 3.79. The molecule has 0 saturated carbocycles. The van der Waals surface area contributed by atoms with Gasteiger partial charge in [0, 0.05) is 16.3 Å². The molecule has 0 saturated heterocycles. The highest BCUT2D eigenvalue weighted by Gasteiger charge is 2.32. The van der Waals surface area contributed by atoms with Crippen LogP contribution in [-0.2, 0) is 9.84 Å². The first-order valence-electron chi connectivity index (χ1n) is 10.1. The molecule has 3 N–H and O–H groups in total. The number of rotatable bonds is 6. The van der Waals surface area contributed by atoms with E-state index in [0.29, 0.717) is 16.3 Å². The van der Waals surface area contributed by atoms with Crippen molar-refractivity contribution in [1.82, 2.24) is 0 Å². The van der Waals surface area contributed by atoms with Crippen LogP contribution in [0.25, 0.3) is 0 Å². The fourth-order valence-corrected chi connectivity index (χ4v) is 6.57. The van der Waals surface area contributed by atoms with Crippen molar-refractivity contribution in [1.29, 1.82) is 0 Å². The highest BCUT2D eigenvalue weighted by Crippen LogP contribution is 2.44. The van der Waals surface area contributed by atoms with Gasteiger partial charge in [-0.1, -0.05) is 53.6 Å². The van der Waals surface area contributed by atoms with Crippen LogP contribution in [0.2, 0.25) is 5.02 Å². The summed E-state index contributed by atoms with van der Waals surface area (Å²) in [5.41, 5.74) is 9.29. The lowest BCUT2D eigenvalue weighted by Crippen LogP contribution is -2.09. The average molecular weight is 497 g/mol. The van der Waals surface area contributed by atoms with E-state index in [4.69, 9.17) is 17.3 Å². The van der Waals surface area contributed by atoms with E-state index in [1.54, 1.807) is 18.2 Å². The SMILES string of the molecule is Cc1ccc(C(=O)c2sc(Nc3ccccc3)c(S(=O)(=O)c3ccc(Cl)cc3)c2N)c(C)c1. The third-order valence-corrected chi connectivity index (χ3v) is 8.51. The summed E-state index contributed by atoms with van der Waals surface area (Å²) in [5.74, 6) is -0.316. The Morgan fingerprint density at radius 2 is 1.64 bits per heavy atom. The maximum atomic E-state index is 13.6. The van der Waals surface area contributed by atoms with E-state index < -0.39 is 9.84 Å². The number of ketones is 1. The molecule has 4 aromatic rings. The van der Waals surface area contributed by atoms with Crippen LogP contribution in [0.15, 0.2) is 82.6 Å². The maximum Gasteiger partial charge on any atom is 0.211 e. The predicted octanol–water partition coefficient (Wildman–Crippen LogP) is 6.41. The van der Waals surface area contributed by atoms with Gasteiger partial charge in [0.1, 0.15) is 14.8 Å². The van der Waals surface area contributed by atoms with Crippen molar-refractivity contribution in [2.75, 3.05) is 11.1 Å². The average Bonchev–Trinajstić information content (AvgIpc) is 3.10. The van der Waals surface area contributed by atoms with E-state index in [0.717, 1.165) is 22.5 Å². The number of aryl methyl sites for hydroxylation is 2. The molecular weight excluding hydrogens is 476 g/mol. The Morgan fingerprint density at radius 1 is 0.970 bits per heavy atom. The van der Waals surface area contributed by atoms with Crippen LogP contribution >= 0.6 is 22.9 Å². The Hall–Kier alpha value is -3.13. The summed E-state index contributed by atoms with van der Waals surface area (Å²) in [4.78, 5) is 13.5. The lowest BCUT2D eigenvalue weighted by Gasteiger charge is -2.10. The number of hydrogen-bond donors (Lipinski definition) is 2.